The fraction of sp³-hybridized carbons (Fsp3) is 0.387. The summed E-state index contributed by atoms with van der Waals surface area (Å²) in [5.74, 6) is 0.149. The van der Waals surface area contributed by atoms with Crippen molar-refractivity contribution in [2.45, 2.75) is 64.6 Å². The zero-order valence-corrected chi connectivity index (χ0v) is 22.9. The Kier molecular flexibility index (Phi) is 8.84. The van der Waals surface area contributed by atoms with Gasteiger partial charge in [0, 0.05) is 36.3 Å². The van der Waals surface area contributed by atoms with Crippen LogP contribution >= 0.6 is 0 Å². The molecule has 3 aromatic rings. The van der Waals surface area contributed by atoms with E-state index < -0.39 is 5.60 Å². The number of carbonyl (C=O) groups excluding carboxylic acids is 2. The van der Waals surface area contributed by atoms with Crippen LogP contribution in [0.15, 0.2) is 66.9 Å². The Labute approximate surface area is 229 Å². The molecule has 0 bridgehead atoms. The number of amides is 2. The quantitative estimate of drug-likeness (QED) is 0.360. The normalized spacial score (nSPS) is 17.3. The van der Waals surface area contributed by atoms with Gasteiger partial charge in [0.25, 0.3) is 0 Å². The summed E-state index contributed by atoms with van der Waals surface area (Å²) in [7, 11) is 1.49. The number of benzene rings is 2. The average molecular weight is 534 g/mol. The first-order valence-electron chi connectivity index (χ1n) is 13.3. The monoisotopic (exact) mass is 533 g/mol. The Morgan fingerprint density at radius 3 is 2.41 bits per heavy atom. The van der Waals surface area contributed by atoms with Gasteiger partial charge in [-0.2, -0.15) is 0 Å². The molecule has 1 aliphatic rings. The van der Waals surface area contributed by atoms with E-state index in [4.69, 9.17) is 9.47 Å². The number of hydrogen-bond donors (Lipinski definition) is 1. The van der Waals surface area contributed by atoms with Gasteiger partial charge in [0.15, 0.2) is 0 Å². The molecule has 1 fully saturated rings. The maximum Gasteiger partial charge on any atom is 0.410 e. The summed E-state index contributed by atoms with van der Waals surface area (Å²) in [5.41, 5.74) is 1.91. The predicted octanol–water partition coefficient (Wildman–Crippen LogP) is 6.83. The predicted molar refractivity (Wildman–Crippen MR) is 149 cm³/mol. The van der Waals surface area contributed by atoms with Crippen LogP contribution in [0, 0.1) is 11.7 Å². The van der Waals surface area contributed by atoms with Gasteiger partial charge in [-0.15, -0.1) is 0 Å². The summed E-state index contributed by atoms with van der Waals surface area (Å²) in [6.07, 6.45) is 3.96. The largest absolute Gasteiger partial charge is 0.496 e. The lowest BCUT2D eigenvalue weighted by molar-refractivity contribution is -0.121. The number of halogens is 1. The van der Waals surface area contributed by atoms with Gasteiger partial charge in [-0.3, -0.25) is 4.79 Å². The van der Waals surface area contributed by atoms with Crippen molar-refractivity contribution in [2.75, 3.05) is 12.4 Å². The van der Waals surface area contributed by atoms with Crippen molar-refractivity contribution in [3.8, 4) is 16.9 Å². The van der Waals surface area contributed by atoms with Crippen molar-refractivity contribution in [3.63, 3.8) is 0 Å². The van der Waals surface area contributed by atoms with Crippen LogP contribution in [0.1, 0.15) is 52.0 Å². The number of anilines is 1. The Balaban J connectivity index is 1.41. The fourth-order valence-electron chi connectivity index (χ4n) is 4.89. The summed E-state index contributed by atoms with van der Waals surface area (Å²) >= 11 is 0. The van der Waals surface area contributed by atoms with E-state index in [1.807, 2.05) is 51.1 Å². The Morgan fingerprint density at radius 2 is 1.74 bits per heavy atom. The standard InChI is InChI=1S/C31H36FN3O4/c1-31(2,3)39-30(37)35(20-21-8-6-5-7-9-21)25-13-10-22(11-14-25)29(36)34-28-18-23(16-17-33-28)26-15-12-24(32)19-27(26)38-4/h5-9,12,15-19,22,25H,10-11,13-14,20H2,1-4H3,(H,33,34,36)/t22-,25+. The Bertz CT molecular complexity index is 1280. The van der Waals surface area contributed by atoms with E-state index >= 15 is 0 Å². The number of hydrogen-bond acceptors (Lipinski definition) is 5. The van der Waals surface area contributed by atoms with Crippen molar-refractivity contribution < 1.29 is 23.5 Å². The van der Waals surface area contributed by atoms with Crippen LogP contribution in [-0.4, -0.2) is 40.6 Å². The molecule has 206 valence electrons. The number of ether oxygens (including phenoxy) is 2. The topological polar surface area (TPSA) is 80.8 Å². The summed E-state index contributed by atoms with van der Waals surface area (Å²) in [5, 5.41) is 2.94. The van der Waals surface area contributed by atoms with Crippen LogP contribution in [0.25, 0.3) is 11.1 Å². The first-order valence-corrected chi connectivity index (χ1v) is 13.3. The van der Waals surface area contributed by atoms with Crippen molar-refractivity contribution in [1.82, 2.24) is 9.88 Å². The third-order valence-corrected chi connectivity index (χ3v) is 6.82. The van der Waals surface area contributed by atoms with E-state index in [2.05, 4.69) is 10.3 Å². The van der Waals surface area contributed by atoms with Gasteiger partial charge in [0.1, 0.15) is 23.0 Å². The van der Waals surface area contributed by atoms with E-state index in [0.717, 1.165) is 11.1 Å². The van der Waals surface area contributed by atoms with E-state index in [0.29, 0.717) is 49.4 Å². The van der Waals surface area contributed by atoms with Crippen LogP contribution in [-0.2, 0) is 16.1 Å². The molecule has 0 unspecified atom stereocenters. The molecule has 39 heavy (non-hydrogen) atoms. The number of carbonyl (C=O) groups is 2. The minimum Gasteiger partial charge on any atom is -0.496 e. The number of nitrogens with one attached hydrogen (secondary N) is 1. The zero-order chi connectivity index (χ0) is 28.0. The number of pyridine rings is 1. The third kappa shape index (κ3) is 7.56. The first-order chi connectivity index (χ1) is 18.6. The second-order valence-corrected chi connectivity index (χ2v) is 10.9. The molecule has 1 heterocycles. The van der Waals surface area contributed by atoms with Gasteiger partial charge in [-0.05, 0) is 81.8 Å². The van der Waals surface area contributed by atoms with E-state index in [1.165, 1.54) is 19.2 Å². The Morgan fingerprint density at radius 1 is 1.03 bits per heavy atom. The number of aromatic nitrogens is 1. The van der Waals surface area contributed by atoms with E-state index in [-0.39, 0.29) is 29.8 Å². The van der Waals surface area contributed by atoms with Gasteiger partial charge >= 0.3 is 6.09 Å². The molecule has 1 aromatic heterocycles. The Hall–Kier alpha value is -3.94. The highest BCUT2D eigenvalue weighted by molar-refractivity contribution is 5.92. The van der Waals surface area contributed by atoms with Crippen LogP contribution in [0.3, 0.4) is 0 Å². The second-order valence-electron chi connectivity index (χ2n) is 10.9. The second kappa shape index (κ2) is 12.3. The molecular weight excluding hydrogens is 497 g/mol. The zero-order valence-electron chi connectivity index (χ0n) is 22.9. The molecule has 4 rings (SSSR count). The molecule has 1 saturated carbocycles. The molecule has 7 nitrogen and oxygen atoms in total. The minimum absolute atomic E-state index is 0.0171. The van der Waals surface area contributed by atoms with Gasteiger partial charge in [0.05, 0.1) is 7.11 Å². The van der Waals surface area contributed by atoms with Crippen molar-refractivity contribution >= 4 is 17.8 Å². The lowest BCUT2D eigenvalue weighted by Gasteiger charge is -2.37. The highest BCUT2D eigenvalue weighted by Crippen LogP contribution is 2.33. The molecule has 0 radical (unpaired) electrons. The van der Waals surface area contributed by atoms with Crippen LogP contribution in [0.4, 0.5) is 15.0 Å². The summed E-state index contributed by atoms with van der Waals surface area (Å²) in [6.45, 7) is 6.05. The maximum absolute atomic E-state index is 13.6. The molecule has 0 aliphatic heterocycles. The molecule has 0 atom stereocenters. The lowest BCUT2D eigenvalue weighted by Crippen LogP contribution is -2.45. The van der Waals surface area contributed by atoms with Gasteiger partial charge in [-0.1, -0.05) is 30.3 Å². The van der Waals surface area contributed by atoms with Crippen LogP contribution in [0.2, 0.25) is 0 Å². The summed E-state index contributed by atoms with van der Waals surface area (Å²) in [6, 6.07) is 17.7. The molecule has 1 aliphatic carbocycles. The third-order valence-electron chi connectivity index (χ3n) is 6.82. The van der Waals surface area contributed by atoms with Crippen molar-refractivity contribution in [2.24, 2.45) is 5.92 Å². The lowest BCUT2D eigenvalue weighted by atomic mass is 9.84. The molecule has 8 heteroatoms. The molecule has 0 saturated heterocycles. The summed E-state index contributed by atoms with van der Waals surface area (Å²) in [4.78, 5) is 32.4. The molecular formula is C31H36FN3O4. The number of methoxy groups -OCH3 is 1. The molecule has 0 spiro atoms. The van der Waals surface area contributed by atoms with Gasteiger partial charge in [-0.25, -0.2) is 14.2 Å². The van der Waals surface area contributed by atoms with Gasteiger partial charge in [0.2, 0.25) is 5.91 Å². The molecule has 2 amide bonds. The first kappa shape index (κ1) is 28.1. The maximum atomic E-state index is 13.6. The van der Waals surface area contributed by atoms with Gasteiger partial charge < -0.3 is 19.7 Å². The van der Waals surface area contributed by atoms with Crippen molar-refractivity contribution in [3.05, 3.63) is 78.2 Å². The molecule has 1 N–H and O–H groups in total. The SMILES string of the molecule is COc1cc(F)ccc1-c1ccnc(NC(=O)[C@H]2CC[C@@H](N(Cc3ccccc3)C(=O)OC(C)(C)C)CC2)c1. The smallest absolute Gasteiger partial charge is 0.410 e. The van der Waals surface area contributed by atoms with Crippen molar-refractivity contribution in [1.29, 1.82) is 0 Å². The van der Waals surface area contributed by atoms with E-state index in [1.54, 1.807) is 29.3 Å². The highest BCUT2D eigenvalue weighted by Gasteiger charge is 2.34. The number of nitrogens with zero attached hydrogens (tertiary/aromatic N) is 2. The number of rotatable bonds is 7. The fourth-order valence-corrected chi connectivity index (χ4v) is 4.89. The molecule has 2 aromatic carbocycles. The van der Waals surface area contributed by atoms with Crippen LogP contribution < -0.4 is 10.1 Å². The summed E-state index contributed by atoms with van der Waals surface area (Å²) < 4.78 is 24.7. The van der Waals surface area contributed by atoms with Crippen LogP contribution in [0.5, 0.6) is 5.75 Å². The highest BCUT2D eigenvalue weighted by atomic mass is 19.1. The minimum atomic E-state index is -0.595. The van der Waals surface area contributed by atoms with E-state index in [9.17, 15) is 14.0 Å². The average Bonchev–Trinajstić information content (AvgIpc) is 2.91.